The van der Waals surface area contributed by atoms with Gasteiger partial charge in [-0.05, 0) is 86.6 Å². The van der Waals surface area contributed by atoms with Crippen LogP contribution in [0.1, 0.15) is 11.1 Å². The molecule has 0 atom stereocenters. The Morgan fingerprint density at radius 3 is 1.85 bits per heavy atom. The molecule has 2 aromatic heterocycles. The van der Waals surface area contributed by atoms with Crippen LogP contribution in [0, 0.1) is 0 Å². The molecular formula is C45H29NO. The maximum Gasteiger partial charge on any atom is 0.137 e. The maximum atomic E-state index is 6.52. The monoisotopic (exact) mass is 599 g/mol. The summed E-state index contributed by atoms with van der Waals surface area (Å²) < 4.78 is 8.90. The third-order valence-corrected chi connectivity index (χ3v) is 9.80. The number of furan rings is 1. The van der Waals surface area contributed by atoms with Crippen LogP contribution in [0.3, 0.4) is 0 Å². The van der Waals surface area contributed by atoms with Gasteiger partial charge in [0.25, 0.3) is 0 Å². The first kappa shape index (κ1) is 26.1. The van der Waals surface area contributed by atoms with Gasteiger partial charge in [0.15, 0.2) is 0 Å². The molecule has 0 spiro atoms. The molecule has 0 radical (unpaired) electrons. The number of aromatic nitrogens is 1. The molecule has 0 aliphatic rings. The van der Waals surface area contributed by atoms with Gasteiger partial charge >= 0.3 is 0 Å². The molecule has 0 saturated heterocycles. The van der Waals surface area contributed by atoms with Gasteiger partial charge in [0.2, 0.25) is 0 Å². The van der Waals surface area contributed by atoms with Gasteiger partial charge in [-0.1, -0.05) is 127 Å². The van der Waals surface area contributed by atoms with Crippen LogP contribution in [0.25, 0.3) is 82.1 Å². The van der Waals surface area contributed by atoms with E-state index in [0.29, 0.717) is 0 Å². The zero-order valence-electron chi connectivity index (χ0n) is 25.7. The Morgan fingerprint density at radius 1 is 0.404 bits per heavy atom. The van der Waals surface area contributed by atoms with Crippen molar-refractivity contribution in [3.05, 3.63) is 175 Å². The zero-order valence-corrected chi connectivity index (χ0v) is 25.7. The van der Waals surface area contributed by atoms with E-state index in [1.807, 2.05) is 0 Å². The summed E-state index contributed by atoms with van der Waals surface area (Å²) in [7, 11) is 0. The number of hydrogen-bond donors (Lipinski definition) is 0. The summed E-state index contributed by atoms with van der Waals surface area (Å²) in [5.41, 5.74) is 10.4. The lowest BCUT2D eigenvalue weighted by molar-refractivity contribution is 0.668. The van der Waals surface area contributed by atoms with E-state index in [-0.39, 0.29) is 0 Å². The standard InChI is InChI=1S/C45H29NO/c1-2-9-35-32(8-1)21-22-34-28-33(23-25-36(34)35)31-19-16-29(17-20-31)26-30-18-24-39-44(27-30)47-43-15-7-14-42(45(39)43)46-40-12-5-3-10-37(40)38-11-4-6-13-41(38)46/h1-25,27-28H,26H2. The molecule has 0 saturated carbocycles. The highest BCUT2D eigenvalue weighted by molar-refractivity contribution is 6.14. The molecule has 0 aliphatic heterocycles. The van der Waals surface area contributed by atoms with Crippen LogP contribution >= 0.6 is 0 Å². The van der Waals surface area contributed by atoms with Crippen molar-refractivity contribution in [3.8, 4) is 16.8 Å². The minimum atomic E-state index is 0.844. The highest BCUT2D eigenvalue weighted by Gasteiger charge is 2.17. The van der Waals surface area contributed by atoms with Crippen LogP contribution in [0.2, 0.25) is 0 Å². The van der Waals surface area contributed by atoms with Crippen LogP contribution in [-0.2, 0) is 6.42 Å². The SMILES string of the molecule is c1ccc2c(c1)ccc1cc(-c3ccc(Cc4ccc5c(c4)oc4cccc(-n6c7ccccc7c7ccccc76)c45)cc3)ccc12. The van der Waals surface area contributed by atoms with Crippen molar-refractivity contribution < 1.29 is 4.42 Å². The van der Waals surface area contributed by atoms with Crippen LogP contribution in [0.4, 0.5) is 0 Å². The summed E-state index contributed by atoms with van der Waals surface area (Å²) in [6.07, 6.45) is 0.844. The number of para-hydroxylation sites is 2. The van der Waals surface area contributed by atoms with Crippen molar-refractivity contribution in [2.75, 3.05) is 0 Å². The highest BCUT2D eigenvalue weighted by atomic mass is 16.3. The van der Waals surface area contributed by atoms with Gasteiger partial charge in [0.1, 0.15) is 11.2 Å². The predicted octanol–water partition coefficient (Wildman–Crippen LogP) is 12.2. The van der Waals surface area contributed by atoms with Gasteiger partial charge < -0.3 is 8.98 Å². The number of benzene rings is 8. The summed E-state index contributed by atoms with van der Waals surface area (Å²) in [6.45, 7) is 0. The zero-order chi connectivity index (χ0) is 30.9. The van der Waals surface area contributed by atoms with Crippen molar-refractivity contribution >= 4 is 65.3 Å². The second-order valence-electron chi connectivity index (χ2n) is 12.5. The first-order chi connectivity index (χ1) is 23.3. The van der Waals surface area contributed by atoms with Gasteiger partial charge in [-0.25, -0.2) is 0 Å². The van der Waals surface area contributed by atoms with E-state index in [0.717, 1.165) is 34.0 Å². The minimum Gasteiger partial charge on any atom is -0.456 e. The molecule has 47 heavy (non-hydrogen) atoms. The van der Waals surface area contributed by atoms with E-state index < -0.39 is 0 Å². The Balaban J connectivity index is 0.995. The summed E-state index contributed by atoms with van der Waals surface area (Å²) in [5.74, 6) is 0. The summed E-state index contributed by atoms with van der Waals surface area (Å²) >= 11 is 0. The molecule has 2 nitrogen and oxygen atoms in total. The van der Waals surface area contributed by atoms with Gasteiger partial charge in [0, 0.05) is 16.2 Å². The van der Waals surface area contributed by atoms with Crippen molar-refractivity contribution in [2.24, 2.45) is 0 Å². The average Bonchev–Trinajstić information content (AvgIpc) is 3.67. The van der Waals surface area contributed by atoms with Crippen molar-refractivity contribution in [1.29, 1.82) is 0 Å². The molecule has 2 heterocycles. The smallest absolute Gasteiger partial charge is 0.137 e. The van der Waals surface area contributed by atoms with Crippen molar-refractivity contribution in [1.82, 2.24) is 4.57 Å². The fourth-order valence-corrected chi connectivity index (χ4v) is 7.57. The summed E-state index contributed by atoms with van der Waals surface area (Å²) in [6, 6.07) is 59.3. The third kappa shape index (κ3) is 4.12. The van der Waals surface area contributed by atoms with E-state index >= 15 is 0 Å². The van der Waals surface area contributed by atoms with Crippen molar-refractivity contribution in [2.45, 2.75) is 6.42 Å². The van der Waals surface area contributed by atoms with Gasteiger partial charge in [0.05, 0.1) is 22.1 Å². The van der Waals surface area contributed by atoms with Gasteiger partial charge in [-0.15, -0.1) is 0 Å². The van der Waals surface area contributed by atoms with E-state index in [1.165, 1.54) is 65.6 Å². The Bertz CT molecular complexity index is 2760. The lowest BCUT2D eigenvalue weighted by Crippen LogP contribution is -1.94. The molecule has 10 rings (SSSR count). The molecule has 0 bridgehead atoms. The Morgan fingerprint density at radius 2 is 1.04 bits per heavy atom. The lowest BCUT2D eigenvalue weighted by atomic mass is 9.96. The van der Waals surface area contributed by atoms with E-state index in [9.17, 15) is 0 Å². The third-order valence-electron chi connectivity index (χ3n) is 9.80. The fourth-order valence-electron chi connectivity index (χ4n) is 7.57. The number of rotatable bonds is 4. The molecule has 8 aromatic carbocycles. The largest absolute Gasteiger partial charge is 0.456 e. The quantitative estimate of drug-likeness (QED) is 0.184. The summed E-state index contributed by atoms with van der Waals surface area (Å²) in [5, 5.41) is 9.95. The number of nitrogens with zero attached hydrogens (tertiary/aromatic N) is 1. The van der Waals surface area contributed by atoms with Crippen molar-refractivity contribution in [3.63, 3.8) is 0 Å². The van der Waals surface area contributed by atoms with Crippen LogP contribution < -0.4 is 0 Å². The van der Waals surface area contributed by atoms with Crippen LogP contribution in [0.5, 0.6) is 0 Å². The fraction of sp³-hybridized carbons (Fsp3) is 0.0222. The molecule has 0 aliphatic carbocycles. The van der Waals surface area contributed by atoms with Gasteiger partial charge in [-0.2, -0.15) is 0 Å². The van der Waals surface area contributed by atoms with Crippen LogP contribution in [0.15, 0.2) is 168 Å². The molecule has 0 N–H and O–H groups in total. The second-order valence-corrected chi connectivity index (χ2v) is 12.5. The number of hydrogen-bond acceptors (Lipinski definition) is 1. The first-order valence-corrected chi connectivity index (χ1v) is 16.2. The second kappa shape index (κ2) is 10.2. The first-order valence-electron chi connectivity index (χ1n) is 16.2. The van der Waals surface area contributed by atoms with E-state index in [1.54, 1.807) is 0 Å². The molecule has 0 unspecified atom stereocenters. The number of fused-ring (bicyclic) bond motifs is 9. The normalized spacial score (nSPS) is 11.9. The van der Waals surface area contributed by atoms with Crippen LogP contribution in [-0.4, -0.2) is 4.57 Å². The molecule has 2 heteroatoms. The maximum absolute atomic E-state index is 6.52. The molecule has 10 aromatic rings. The molecule has 0 fully saturated rings. The Kier molecular flexibility index (Phi) is 5.67. The Labute approximate surface area is 271 Å². The summed E-state index contributed by atoms with van der Waals surface area (Å²) in [4.78, 5) is 0. The molecule has 0 amide bonds. The molecule has 220 valence electrons. The van der Waals surface area contributed by atoms with E-state index in [2.05, 4.69) is 168 Å². The topological polar surface area (TPSA) is 18.1 Å². The minimum absolute atomic E-state index is 0.844. The highest BCUT2D eigenvalue weighted by Crippen LogP contribution is 2.39. The predicted molar refractivity (Wildman–Crippen MR) is 198 cm³/mol. The Hall–Kier alpha value is -6.12. The average molecular weight is 600 g/mol. The lowest BCUT2D eigenvalue weighted by Gasteiger charge is -2.09. The van der Waals surface area contributed by atoms with E-state index in [4.69, 9.17) is 4.42 Å². The van der Waals surface area contributed by atoms with Gasteiger partial charge in [-0.3, -0.25) is 0 Å². The molecular weight excluding hydrogens is 571 g/mol.